The van der Waals surface area contributed by atoms with Crippen LogP contribution in [0.2, 0.25) is 0 Å². The van der Waals surface area contributed by atoms with E-state index in [-0.39, 0.29) is 19.4 Å². The number of nitriles is 1. The maximum Gasteiger partial charge on any atom is 0.210 e. The lowest BCUT2D eigenvalue weighted by Gasteiger charge is -1.90. The van der Waals surface area contributed by atoms with Crippen LogP contribution in [0.3, 0.4) is 0 Å². The van der Waals surface area contributed by atoms with Gasteiger partial charge in [-0.05, 0) is 12.1 Å². The largest absolute Gasteiger partial charge is 0.465 e. The number of rotatable bonds is 4. The topological polar surface area (TPSA) is 80.1 Å². The van der Waals surface area contributed by atoms with Gasteiger partial charge in [0.05, 0.1) is 18.9 Å². The number of nitro groups is 1. The fourth-order valence-corrected chi connectivity index (χ4v) is 0.931. The van der Waals surface area contributed by atoms with Gasteiger partial charge < -0.3 is 4.42 Å². The number of hydrogen-bond donors (Lipinski definition) is 0. The summed E-state index contributed by atoms with van der Waals surface area (Å²) in [7, 11) is 0. The summed E-state index contributed by atoms with van der Waals surface area (Å²) in [6.45, 7) is -0.139. The van der Waals surface area contributed by atoms with Gasteiger partial charge in [-0.3, -0.25) is 10.1 Å². The maximum absolute atomic E-state index is 10.0. The highest BCUT2D eigenvalue weighted by Gasteiger charge is 2.04. The zero-order chi connectivity index (χ0) is 9.68. The van der Waals surface area contributed by atoms with Crippen LogP contribution in [0.25, 0.3) is 0 Å². The van der Waals surface area contributed by atoms with Crippen molar-refractivity contribution in [2.45, 2.75) is 12.8 Å². The van der Waals surface area contributed by atoms with Crippen molar-refractivity contribution in [3.8, 4) is 6.07 Å². The van der Waals surface area contributed by atoms with Crippen molar-refractivity contribution in [3.05, 3.63) is 33.8 Å². The molecule has 0 aliphatic rings. The van der Waals surface area contributed by atoms with Gasteiger partial charge in [-0.2, -0.15) is 5.26 Å². The second kappa shape index (κ2) is 4.26. The van der Waals surface area contributed by atoms with Crippen molar-refractivity contribution in [1.82, 2.24) is 0 Å². The molecule has 0 aromatic carbocycles. The smallest absolute Gasteiger partial charge is 0.210 e. The molecule has 0 unspecified atom stereocenters. The van der Waals surface area contributed by atoms with E-state index in [4.69, 9.17) is 9.68 Å². The van der Waals surface area contributed by atoms with E-state index in [1.54, 1.807) is 12.1 Å². The molecular formula is C8H8N2O3. The molecular weight excluding hydrogens is 172 g/mol. The number of nitrogens with zero attached hydrogens (tertiary/aromatic N) is 2. The SMILES string of the molecule is N#CCc1ccc(CC[N+](=O)[O-])o1. The summed E-state index contributed by atoms with van der Waals surface area (Å²) < 4.78 is 5.15. The minimum Gasteiger partial charge on any atom is -0.465 e. The highest BCUT2D eigenvalue weighted by atomic mass is 16.6. The zero-order valence-electron chi connectivity index (χ0n) is 6.90. The molecule has 0 N–H and O–H groups in total. The quantitative estimate of drug-likeness (QED) is 0.514. The molecule has 13 heavy (non-hydrogen) atoms. The second-order valence-electron chi connectivity index (χ2n) is 2.51. The van der Waals surface area contributed by atoms with Gasteiger partial charge in [0, 0.05) is 4.92 Å². The summed E-state index contributed by atoms with van der Waals surface area (Å²) in [6, 6.07) is 5.26. The molecule has 0 amide bonds. The molecule has 5 heteroatoms. The molecule has 0 radical (unpaired) electrons. The van der Waals surface area contributed by atoms with E-state index >= 15 is 0 Å². The Balaban J connectivity index is 2.50. The summed E-state index contributed by atoms with van der Waals surface area (Å²) in [5.41, 5.74) is 0. The highest BCUT2D eigenvalue weighted by molar-refractivity contribution is 5.10. The molecule has 0 atom stereocenters. The van der Waals surface area contributed by atoms with Crippen LogP contribution < -0.4 is 0 Å². The van der Waals surface area contributed by atoms with Gasteiger partial charge in [0.15, 0.2) is 0 Å². The maximum atomic E-state index is 10.0. The molecule has 0 saturated carbocycles. The van der Waals surface area contributed by atoms with Gasteiger partial charge in [0.1, 0.15) is 11.5 Å². The van der Waals surface area contributed by atoms with Crippen molar-refractivity contribution in [1.29, 1.82) is 5.26 Å². The third-order valence-electron chi connectivity index (χ3n) is 1.51. The van der Waals surface area contributed by atoms with E-state index in [0.717, 1.165) is 0 Å². The Hall–Kier alpha value is -1.83. The van der Waals surface area contributed by atoms with Crippen LogP contribution in [0.4, 0.5) is 0 Å². The summed E-state index contributed by atoms with van der Waals surface area (Å²) in [5.74, 6) is 1.11. The Morgan fingerprint density at radius 3 is 2.85 bits per heavy atom. The third kappa shape index (κ3) is 2.95. The lowest BCUT2D eigenvalue weighted by molar-refractivity contribution is -0.479. The van der Waals surface area contributed by atoms with Gasteiger partial charge >= 0.3 is 0 Å². The average molecular weight is 180 g/mol. The summed E-state index contributed by atoms with van der Waals surface area (Å²) in [5, 5.41) is 18.3. The Morgan fingerprint density at radius 1 is 1.54 bits per heavy atom. The van der Waals surface area contributed by atoms with Crippen LogP contribution in [0, 0.1) is 21.4 Å². The van der Waals surface area contributed by atoms with Crippen molar-refractivity contribution in [2.24, 2.45) is 0 Å². The van der Waals surface area contributed by atoms with Gasteiger partial charge in [-0.15, -0.1) is 0 Å². The Morgan fingerprint density at radius 2 is 2.23 bits per heavy atom. The van der Waals surface area contributed by atoms with Crippen molar-refractivity contribution < 1.29 is 9.34 Å². The van der Waals surface area contributed by atoms with E-state index in [1.807, 2.05) is 6.07 Å². The molecule has 0 bridgehead atoms. The molecule has 5 nitrogen and oxygen atoms in total. The molecule has 1 aromatic rings. The fourth-order valence-electron chi connectivity index (χ4n) is 0.931. The summed E-state index contributed by atoms with van der Waals surface area (Å²) >= 11 is 0. The van der Waals surface area contributed by atoms with Crippen molar-refractivity contribution in [3.63, 3.8) is 0 Å². The first-order valence-corrected chi connectivity index (χ1v) is 3.78. The minimum absolute atomic E-state index is 0.139. The lowest BCUT2D eigenvalue weighted by atomic mass is 10.3. The summed E-state index contributed by atoms with van der Waals surface area (Å²) in [6.07, 6.45) is 0.483. The van der Waals surface area contributed by atoms with Gasteiger partial charge in [-0.1, -0.05) is 0 Å². The third-order valence-corrected chi connectivity index (χ3v) is 1.51. The zero-order valence-corrected chi connectivity index (χ0v) is 6.90. The van der Waals surface area contributed by atoms with Crippen LogP contribution >= 0.6 is 0 Å². The molecule has 0 spiro atoms. The first kappa shape index (κ1) is 9.26. The molecule has 0 aliphatic heterocycles. The lowest BCUT2D eigenvalue weighted by Crippen LogP contribution is -2.02. The fraction of sp³-hybridized carbons (Fsp3) is 0.375. The molecule has 1 rings (SSSR count). The average Bonchev–Trinajstić information content (AvgIpc) is 2.50. The normalized spacial score (nSPS) is 9.46. The van der Waals surface area contributed by atoms with Crippen LogP contribution in [0.15, 0.2) is 16.5 Å². The number of hydrogen-bond acceptors (Lipinski definition) is 4. The highest BCUT2D eigenvalue weighted by Crippen LogP contribution is 2.08. The van der Waals surface area contributed by atoms with E-state index in [0.29, 0.717) is 11.5 Å². The van der Waals surface area contributed by atoms with E-state index < -0.39 is 4.92 Å². The molecule has 0 aliphatic carbocycles. The van der Waals surface area contributed by atoms with E-state index in [2.05, 4.69) is 0 Å². The van der Waals surface area contributed by atoms with E-state index in [1.165, 1.54) is 0 Å². The van der Waals surface area contributed by atoms with Gasteiger partial charge in [0.25, 0.3) is 0 Å². The molecule has 68 valence electrons. The monoisotopic (exact) mass is 180 g/mol. The van der Waals surface area contributed by atoms with Crippen molar-refractivity contribution >= 4 is 0 Å². The molecule has 0 fully saturated rings. The van der Waals surface area contributed by atoms with Crippen LogP contribution in [-0.4, -0.2) is 11.5 Å². The standard InChI is InChI=1S/C8H8N2O3/c9-5-3-7-1-2-8(13-7)4-6-10(11)12/h1-2H,3-4,6H2. The van der Waals surface area contributed by atoms with Crippen LogP contribution in [0.5, 0.6) is 0 Å². The number of furan rings is 1. The van der Waals surface area contributed by atoms with Crippen molar-refractivity contribution in [2.75, 3.05) is 6.54 Å². The Bertz CT molecular complexity index is 337. The predicted octanol–water partition coefficient (Wildman–Crippen LogP) is 1.16. The van der Waals surface area contributed by atoms with Gasteiger partial charge in [-0.25, -0.2) is 0 Å². The summed E-state index contributed by atoms with van der Waals surface area (Å²) in [4.78, 5) is 9.62. The molecule has 0 saturated heterocycles. The van der Waals surface area contributed by atoms with Gasteiger partial charge in [0.2, 0.25) is 6.54 Å². The van der Waals surface area contributed by atoms with Crippen LogP contribution in [-0.2, 0) is 12.8 Å². The predicted molar refractivity (Wildman–Crippen MR) is 43.6 cm³/mol. The Kier molecular flexibility index (Phi) is 3.03. The molecule has 1 heterocycles. The van der Waals surface area contributed by atoms with Crippen LogP contribution in [0.1, 0.15) is 11.5 Å². The minimum atomic E-state index is -0.396. The van der Waals surface area contributed by atoms with E-state index in [9.17, 15) is 10.1 Å². The first-order chi connectivity index (χ1) is 6.22. The molecule has 1 aromatic heterocycles. The first-order valence-electron chi connectivity index (χ1n) is 3.78. The Labute approximate surface area is 74.7 Å². The second-order valence-corrected chi connectivity index (χ2v) is 2.51.